The Morgan fingerprint density at radius 1 is 1.26 bits per heavy atom. The van der Waals surface area contributed by atoms with E-state index in [2.05, 4.69) is 17.6 Å². The van der Waals surface area contributed by atoms with Gasteiger partial charge in [0.25, 0.3) is 0 Å². The Balaban J connectivity index is 1.81. The maximum Gasteiger partial charge on any atom is 0.319 e. The Labute approximate surface area is 112 Å². The number of carboxylic acids is 1. The first-order chi connectivity index (χ1) is 9.02. The number of nitrogens with one attached hydrogen (secondary N) is 2. The molecular weight excluding hydrogens is 244 g/mol. The molecule has 3 N–H and O–H groups in total. The molecule has 5 nitrogen and oxygen atoms in total. The van der Waals surface area contributed by atoms with Crippen LogP contribution < -0.4 is 10.6 Å². The van der Waals surface area contributed by atoms with Gasteiger partial charge in [0.2, 0.25) is 0 Å². The number of anilines is 1. The van der Waals surface area contributed by atoms with Crippen molar-refractivity contribution in [1.29, 1.82) is 0 Å². The van der Waals surface area contributed by atoms with Crippen LogP contribution in [0.3, 0.4) is 0 Å². The molecule has 0 saturated heterocycles. The Morgan fingerprint density at radius 3 is 2.42 bits per heavy atom. The van der Waals surface area contributed by atoms with Crippen molar-refractivity contribution < 1.29 is 14.7 Å². The van der Waals surface area contributed by atoms with Crippen LogP contribution in [0.25, 0.3) is 0 Å². The van der Waals surface area contributed by atoms with Gasteiger partial charge in [0.15, 0.2) is 0 Å². The molecule has 1 aromatic rings. The summed E-state index contributed by atoms with van der Waals surface area (Å²) in [4.78, 5) is 22.2. The topological polar surface area (TPSA) is 78.4 Å². The molecule has 102 valence electrons. The second-order valence-corrected chi connectivity index (χ2v) is 5.14. The first kappa shape index (κ1) is 13.4. The number of hydrogen-bond acceptors (Lipinski definition) is 2. The van der Waals surface area contributed by atoms with Crippen molar-refractivity contribution in [2.24, 2.45) is 5.92 Å². The number of aliphatic carboxylic acids is 1. The lowest BCUT2D eigenvalue weighted by Crippen LogP contribution is -2.45. The minimum Gasteiger partial charge on any atom is -0.481 e. The predicted molar refractivity (Wildman–Crippen MR) is 72.1 cm³/mol. The Hall–Kier alpha value is -2.04. The molecule has 0 atom stereocenters. The second kappa shape index (κ2) is 5.73. The number of carbonyl (C=O) groups is 2. The maximum absolute atomic E-state index is 11.7. The van der Waals surface area contributed by atoms with Crippen molar-refractivity contribution in [3.05, 3.63) is 29.8 Å². The molecule has 2 rings (SSSR count). The van der Waals surface area contributed by atoms with Crippen LogP contribution in [0.2, 0.25) is 0 Å². The molecule has 0 aliphatic heterocycles. The fraction of sp³-hybridized carbons (Fsp3) is 0.429. The molecule has 1 aromatic carbocycles. The molecule has 2 amide bonds. The Bertz CT molecular complexity index is 464. The Morgan fingerprint density at radius 2 is 1.89 bits per heavy atom. The number of hydrogen-bond donors (Lipinski definition) is 3. The average Bonchev–Trinajstić information content (AvgIpc) is 2.29. The third kappa shape index (κ3) is 3.98. The Kier molecular flexibility index (Phi) is 4.04. The van der Waals surface area contributed by atoms with Crippen molar-refractivity contribution in [2.75, 3.05) is 5.32 Å². The quantitative estimate of drug-likeness (QED) is 0.778. The predicted octanol–water partition coefficient (Wildman–Crippen LogP) is 2.23. The van der Waals surface area contributed by atoms with Crippen LogP contribution in [0, 0.1) is 5.92 Å². The highest BCUT2D eigenvalue weighted by molar-refractivity contribution is 5.89. The van der Waals surface area contributed by atoms with Gasteiger partial charge in [-0.25, -0.2) is 4.79 Å². The number of carbonyl (C=O) groups excluding carboxylic acids is 1. The summed E-state index contributed by atoms with van der Waals surface area (Å²) in [6.07, 6.45) is 2.06. The average molecular weight is 262 g/mol. The summed E-state index contributed by atoms with van der Waals surface area (Å²) in [5, 5.41) is 14.3. The molecule has 1 saturated carbocycles. The van der Waals surface area contributed by atoms with E-state index in [-0.39, 0.29) is 18.5 Å². The van der Waals surface area contributed by atoms with Crippen LogP contribution in [0.1, 0.15) is 25.3 Å². The molecule has 0 bridgehead atoms. The van der Waals surface area contributed by atoms with E-state index in [4.69, 9.17) is 5.11 Å². The lowest BCUT2D eigenvalue weighted by atomic mass is 9.82. The van der Waals surface area contributed by atoms with Crippen LogP contribution in [0.4, 0.5) is 10.5 Å². The summed E-state index contributed by atoms with van der Waals surface area (Å²) in [5.74, 6) is -0.168. The third-order valence-corrected chi connectivity index (χ3v) is 3.28. The van der Waals surface area contributed by atoms with Crippen LogP contribution in [-0.4, -0.2) is 23.1 Å². The van der Waals surface area contributed by atoms with Crippen molar-refractivity contribution in [1.82, 2.24) is 5.32 Å². The maximum atomic E-state index is 11.7. The van der Waals surface area contributed by atoms with Crippen LogP contribution in [0.15, 0.2) is 24.3 Å². The fourth-order valence-corrected chi connectivity index (χ4v) is 2.25. The van der Waals surface area contributed by atoms with Crippen LogP contribution >= 0.6 is 0 Å². The van der Waals surface area contributed by atoms with Gasteiger partial charge in [0.1, 0.15) is 0 Å². The van der Waals surface area contributed by atoms with Crippen molar-refractivity contribution in [2.45, 2.75) is 32.2 Å². The van der Waals surface area contributed by atoms with Gasteiger partial charge in [-0.15, -0.1) is 0 Å². The second-order valence-electron chi connectivity index (χ2n) is 5.14. The third-order valence-electron chi connectivity index (χ3n) is 3.28. The largest absolute Gasteiger partial charge is 0.481 e. The summed E-state index contributed by atoms with van der Waals surface area (Å²) < 4.78 is 0. The number of rotatable bonds is 4. The molecule has 5 heteroatoms. The summed E-state index contributed by atoms with van der Waals surface area (Å²) >= 11 is 0. The minimum absolute atomic E-state index is 0.00750. The zero-order valence-corrected chi connectivity index (χ0v) is 10.8. The molecule has 0 aromatic heterocycles. The molecule has 0 spiro atoms. The van der Waals surface area contributed by atoms with Gasteiger partial charge in [-0.3, -0.25) is 4.79 Å². The van der Waals surface area contributed by atoms with E-state index in [1.165, 1.54) is 0 Å². The standard InChI is InChI=1S/C14H18N2O3/c1-9-6-12(7-9)16-14(19)15-11-4-2-10(3-5-11)8-13(17)18/h2-5,9,12H,6-8H2,1H3,(H,17,18)(H2,15,16,19). The number of amides is 2. The summed E-state index contributed by atoms with van der Waals surface area (Å²) in [5.41, 5.74) is 1.38. The smallest absolute Gasteiger partial charge is 0.319 e. The van der Waals surface area contributed by atoms with Gasteiger partial charge >= 0.3 is 12.0 Å². The first-order valence-corrected chi connectivity index (χ1v) is 6.41. The van der Waals surface area contributed by atoms with Gasteiger partial charge in [-0.05, 0) is 36.5 Å². The monoisotopic (exact) mass is 262 g/mol. The van der Waals surface area contributed by atoms with E-state index in [9.17, 15) is 9.59 Å². The molecular formula is C14H18N2O3. The van der Waals surface area contributed by atoms with E-state index in [0.29, 0.717) is 17.2 Å². The van der Waals surface area contributed by atoms with E-state index in [1.54, 1.807) is 24.3 Å². The van der Waals surface area contributed by atoms with E-state index in [0.717, 1.165) is 12.8 Å². The first-order valence-electron chi connectivity index (χ1n) is 6.41. The van der Waals surface area contributed by atoms with E-state index < -0.39 is 5.97 Å². The molecule has 0 unspecified atom stereocenters. The number of benzene rings is 1. The van der Waals surface area contributed by atoms with Gasteiger partial charge in [-0.2, -0.15) is 0 Å². The fourth-order valence-electron chi connectivity index (χ4n) is 2.25. The lowest BCUT2D eigenvalue weighted by molar-refractivity contribution is -0.136. The summed E-state index contributed by atoms with van der Waals surface area (Å²) in [6.45, 7) is 2.16. The molecule has 0 radical (unpaired) electrons. The molecule has 1 fully saturated rings. The van der Waals surface area contributed by atoms with Crippen LogP contribution in [0.5, 0.6) is 0 Å². The van der Waals surface area contributed by atoms with Gasteiger partial charge in [0.05, 0.1) is 6.42 Å². The SMILES string of the molecule is CC1CC(NC(=O)Nc2ccc(CC(=O)O)cc2)C1. The number of urea groups is 1. The van der Waals surface area contributed by atoms with E-state index in [1.807, 2.05) is 0 Å². The highest BCUT2D eigenvalue weighted by Crippen LogP contribution is 2.26. The van der Waals surface area contributed by atoms with Crippen molar-refractivity contribution >= 4 is 17.7 Å². The summed E-state index contributed by atoms with van der Waals surface area (Å²) in [6, 6.07) is 6.90. The molecule has 0 heterocycles. The highest BCUT2D eigenvalue weighted by atomic mass is 16.4. The lowest BCUT2D eigenvalue weighted by Gasteiger charge is -2.33. The van der Waals surface area contributed by atoms with E-state index >= 15 is 0 Å². The van der Waals surface area contributed by atoms with Gasteiger partial charge in [0, 0.05) is 11.7 Å². The minimum atomic E-state index is -0.863. The molecule has 1 aliphatic rings. The molecule has 1 aliphatic carbocycles. The van der Waals surface area contributed by atoms with Crippen molar-refractivity contribution in [3.8, 4) is 0 Å². The van der Waals surface area contributed by atoms with Crippen molar-refractivity contribution in [3.63, 3.8) is 0 Å². The molecule has 19 heavy (non-hydrogen) atoms. The zero-order valence-electron chi connectivity index (χ0n) is 10.8. The highest BCUT2D eigenvalue weighted by Gasteiger charge is 2.26. The van der Waals surface area contributed by atoms with Gasteiger partial charge in [-0.1, -0.05) is 19.1 Å². The number of carboxylic acid groups (broad SMARTS) is 1. The normalized spacial score (nSPS) is 21.3. The zero-order chi connectivity index (χ0) is 13.8. The van der Waals surface area contributed by atoms with Gasteiger partial charge < -0.3 is 15.7 Å². The van der Waals surface area contributed by atoms with Crippen LogP contribution in [-0.2, 0) is 11.2 Å². The summed E-state index contributed by atoms with van der Waals surface area (Å²) in [7, 11) is 0.